The molecule has 3 amide bonds. The normalized spacial score (nSPS) is 26.9. The smallest absolute Gasteiger partial charge is 0.293 e. The van der Waals surface area contributed by atoms with Crippen molar-refractivity contribution in [2.24, 2.45) is 9.98 Å². The van der Waals surface area contributed by atoms with Crippen LogP contribution in [0.25, 0.3) is 0 Å². The summed E-state index contributed by atoms with van der Waals surface area (Å²) in [5.74, 6) is 0.406. The van der Waals surface area contributed by atoms with E-state index in [4.69, 9.17) is 0 Å². The summed E-state index contributed by atoms with van der Waals surface area (Å²) in [7, 11) is 0. The number of rotatable bonds is 0. The average Bonchev–Trinajstić information content (AvgIpc) is 2.29. The summed E-state index contributed by atoms with van der Waals surface area (Å²) < 4.78 is 0. The fourth-order valence-corrected chi connectivity index (χ4v) is 1.12. The highest BCUT2D eigenvalue weighted by Crippen LogP contribution is 2.07. The van der Waals surface area contributed by atoms with E-state index in [1.54, 1.807) is 6.92 Å². The topological polar surface area (TPSA) is 82.9 Å². The van der Waals surface area contributed by atoms with Crippen molar-refractivity contribution >= 4 is 23.6 Å². The molecule has 0 spiro atoms. The van der Waals surface area contributed by atoms with Crippen LogP contribution in [0.4, 0.5) is 4.79 Å². The monoisotopic (exact) mass is 166 g/mol. The van der Waals surface area contributed by atoms with Crippen LogP contribution in [0.2, 0.25) is 0 Å². The fourth-order valence-electron chi connectivity index (χ4n) is 1.12. The number of fused-ring (bicyclic) bond motifs is 1. The maximum Gasteiger partial charge on any atom is 0.326 e. The van der Waals surface area contributed by atoms with E-state index in [1.165, 1.54) is 0 Å². The van der Waals surface area contributed by atoms with Crippen LogP contribution >= 0.6 is 0 Å². The Morgan fingerprint density at radius 3 is 2.83 bits per heavy atom. The van der Waals surface area contributed by atoms with Gasteiger partial charge in [-0.25, -0.2) is 14.8 Å². The molecule has 0 saturated carbocycles. The summed E-state index contributed by atoms with van der Waals surface area (Å²) in [6.45, 7) is 1.67. The van der Waals surface area contributed by atoms with Gasteiger partial charge in [0, 0.05) is 0 Å². The van der Waals surface area contributed by atoms with Crippen molar-refractivity contribution < 1.29 is 9.59 Å². The first kappa shape index (κ1) is 6.96. The van der Waals surface area contributed by atoms with E-state index in [0.29, 0.717) is 11.7 Å². The molecule has 0 aromatic carbocycles. The van der Waals surface area contributed by atoms with E-state index in [9.17, 15) is 9.59 Å². The second-order valence-corrected chi connectivity index (χ2v) is 2.52. The highest BCUT2D eigenvalue weighted by Gasteiger charge is 2.34. The van der Waals surface area contributed by atoms with Gasteiger partial charge in [-0.05, 0) is 6.92 Å². The van der Waals surface area contributed by atoms with Gasteiger partial charge in [-0.3, -0.25) is 15.4 Å². The minimum absolute atomic E-state index is 0.321. The number of amidine groups is 2. The Labute approximate surface area is 67.8 Å². The molecule has 1 atom stereocenters. The summed E-state index contributed by atoms with van der Waals surface area (Å²) in [5.41, 5.74) is 0. The van der Waals surface area contributed by atoms with E-state index in [2.05, 4.69) is 20.6 Å². The molecule has 2 aliphatic heterocycles. The second kappa shape index (κ2) is 2.13. The van der Waals surface area contributed by atoms with E-state index in [0.717, 1.165) is 0 Å². The molecule has 2 aliphatic rings. The zero-order valence-corrected chi connectivity index (χ0v) is 6.29. The lowest BCUT2D eigenvalue weighted by Gasteiger charge is -2.16. The molecular weight excluding hydrogens is 160 g/mol. The van der Waals surface area contributed by atoms with Crippen LogP contribution in [0, 0.1) is 0 Å². The number of hydrogen-bond acceptors (Lipinski definition) is 4. The van der Waals surface area contributed by atoms with Crippen molar-refractivity contribution in [1.82, 2.24) is 10.6 Å². The number of urea groups is 1. The van der Waals surface area contributed by atoms with Crippen LogP contribution in [0.1, 0.15) is 6.92 Å². The minimum atomic E-state index is -0.650. The predicted molar refractivity (Wildman–Crippen MR) is 41.0 cm³/mol. The van der Waals surface area contributed by atoms with Gasteiger partial charge in [-0.1, -0.05) is 0 Å². The quantitative estimate of drug-likeness (QED) is 0.485. The molecule has 0 bridgehead atoms. The molecule has 62 valence electrons. The first-order valence-electron chi connectivity index (χ1n) is 3.41. The Bertz CT molecular complexity index is 330. The zero-order chi connectivity index (χ0) is 8.72. The molecule has 0 aliphatic carbocycles. The first-order valence-corrected chi connectivity index (χ1v) is 3.41. The molecule has 2 N–H and O–H groups in total. The van der Waals surface area contributed by atoms with Crippen molar-refractivity contribution in [1.29, 1.82) is 0 Å². The van der Waals surface area contributed by atoms with Crippen molar-refractivity contribution in [2.45, 2.75) is 13.0 Å². The van der Waals surface area contributed by atoms with Gasteiger partial charge in [0.25, 0.3) is 5.91 Å². The van der Waals surface area contributed by atoms with Crippen molar-refractivity contribution in [3.63, 3.8) is 0 Å². The van der Waals surface area contributed by atoms with Crippen LogP contribution in [-0.2, 0) is 4.79 Å². The van der Waals surface area contributed by atoms with Gasteiger partial charge in [-0.2, -0.15) is 0 Å². The van der Waals surface area contributed by atoms with Crippen LogP contribution in [-0.4, -0.2) is 29.7 Å². The highest BCUT2D eigenvalue weighted by molar-refractivity contribution is 6.25. The van der Waals surface area contributed by atoms with E-state index >= 15 is 0 Å². The molecule has 6 heteroatoms. The van der Waals surface area contributed by atoms with Gasteiger partial charge in [0.05, 0.1) is 0 Å². The van der Waals surface area contributed by atoms with E-state index in [-0.39, 0.29) is 0 Å². The summed E-state index contributed by atoms with van der Waals surface area (Å²) in [6.07, 6.45) is 0. The summed E-state index contributed by atoms with van der Waals surface area (Å²) >= 11 is 0. The van der Waals surface area contributed by atoms with E-state index in [1.807, 2.05) is 0 Å². The third-order valence-electron chi connectivity index (χ3n) is 1.58. The molecule has 1 unspecified atom stereocenters. The van der Waals surface area contributed by atoms with Crippen LogP contribution in [0.5, 0.6) is 0 Å². The van der Waals surface area contributed by atoms with Crippen LogP contribution in [0.3, 0.4) is 0 Å². The number of hydrogen-bond donors (Lipinski definition) is 2. The molecule has 2 heterocycles. The Morgan fingerprint density at radius 2 is 2.08 bits per heavy atom. The van der Waals surface area contributed by atoms with Crippen molar-refractivity contribution in [2.75, 3.05) is 0 Å². The number of carbonyl (C=O) groups is 2. The van der Waals surface area contributed by atoms with Gasteiger partial charge in [0.2, 0.25) is 0 Å². The lowest BCUT2D eigenvalue weighted by atomic mass is 10.2. The molecule has 12 heavy (non-hydrogen) atoms. The molecule has 0 aromatic heterocycles. The van der Waals surface area contributed by atoms with E-state index < -0.39 is 18.0 Å². The summed E-state index contributed by atoms with van der Waals surface area (Å²) in [4.78, 5) is 29.6. The molecule has 2 rings (SSSR count). The zero-order valence-electron chi connectivity index (χ0n) is 6.29. The molecule has 0 aromatic rings. The summed E-state index contributed by atoms with van der Waals surface area (Å²) in [6, 6.07) is -1.19. The standard InChI is InChI=1S/C6H6N4O2/c1-2-7-3-4(8-2)9-6(12)10-5(3)11/h3H,1H3,(H2,7,8,9,10,11,12). The second-order valence-electron chi connectivity index (χ2n) is 2.52. The van der Waals surface area contributed by atoms with Gasteiger partial charge in [0.1, 0.15) is 11.7 Å². The van der Waals surface area contributed by atoms with Gasteiger partial charge < -0.3 is 0 Å². The van der Waals surface area contributed by atoms with Gasteiger partial charge in [-0.15, -0.1) is 0 Å². The third kappa shape index (κ3) is 0.884. The Balaban J connectivity index is 2.34. The lowest BCUT2D eigenvalue weighted by Crippen LogP contribution is -2.57. The Morgan fingerprint density at radius 1 is 1.33 bits per heavy atom. The predicted octanol–water partition coefficient (Wildman–Crippen LogP) is -0.975. The molecule has 1 fully saturated rings. The number of amides is 3. The molecular formula is C6H6N4O2. The number of aliphatic imine (C=N–C) groups is 2. The highest BCUT2D eigenvalue weighted by atomic mass is 16.2. The van der Waals surface area contributed by atoms with Gasteiger partial charge >= 0.3 is 6.03 Å². The first-order chi connectivity index (χ1) is 5.66. The van der Waals surface area contributed by atoms with Crippen molar-refractivity contribution in [3.05, 3.63) is 0 Å². The lowest BCUT2D eigenvalue weighted by molar-refractivity contribution is -0.120. The van der Waals surface area contributed by atoms with Crippen molar-refractivity contribution in [3.8, 4) is 0 Å². The minimum Gasteiger partial charge on any atom is -0.293 e. The number of nitrogens with zero attached hydrogens (tertiary/aromatic N) is 2. The molecule has 1 saturated heterocycles. The number of carbonyl (C=O) groups excluding carboxylic acids is 2. The summed E-state index contributed by atoms with van der Waals surface area (Å²) in [5, 5.41) is 4.50. The van der Waals surface area contributed by atoms with Crippen LogP contribution in [0.15, 0.2) is 9.98 Å². The third-order valence-corrected chi connectivity index (χ3v) is 1.58. The van der Waals surface area contributed by atoms with Crippen LogP contribution < -0.4 is 10.6 Å². The molecule has 0 radical (unpaired) electrons. The Kier molecular flexibility index (Phi) is 1.24. The number of nitrogens with one attached hydrogen (secondary N) is 2. The Hall–Kier alpha value is -1.72. The maximum atomic E-state index is 11.1. The molecule has 6 nitrogen and oxygen atoms in total. The number of imide groups is 1. The van der Waals surface area contributed by atoms with Gasteiger partial charge in [0.15, 0.2) is 6.04 Å². The fraction of sp³-hybridized carbons (Fsp3) is 0.333. The average molecular weight is 166 g/mol. The SMILES string of the molecule is CC1=NC2C(=O)NC(=O)NC2=N1. The largest absolute Gasteiger partial charge is 0.326 e. The maximum absolute atomic E-state index is 11.1.